The minimum atomic E-state index is -0.530. The highest BCUT2D eigenvalue weighted by atomic mass is 35.5. The van der Waals surface area contributed by atoms with E-state index >= 15 is 0 Å². The number of fused-ring (bicyclic) bond motifs is 1. The number of nitro benzene ring substituents is 1. The van der Waals surface area contributed by atoms with Crippen molar-refractivity contribution in [3.05, 3.63) is 68.5 Å². The summed E-state index contributed by atoms with van der Waals surface area (Å²) in [6, 6.07) is 11.7. The summed E-state index contributed by atoms with van der Waals surface area (Å²) in [4.78, 5) is 30.8. The highest BCUT2D eigenvalue weighted by molar-refractivity contribution is 7.15. The van der Waals surface area contributed by atoms with E-state index in [0.717, 1.165) is 11.3 Å². The fourth-order valence-electron chi connectivity index (χ4n) is 3.61. The highest BCUT2D eigenvalue weighted by Crippen LogP contribution is 2.31. The van der Waals surface area contributed by atoms with E-state index in [4.69, 9.17) is 16.3 Å². The second kappa shape index (κ2) is 8.77. The lowest BCUT2D eigenvalue weighted by Crippen LogP contribution is -2.36. The largest absolute Gasteiger partial charge is 0.378 e. The van der Waals surface area contributed by atoms with Gasteiger partial charge in [-0.05, 0) is 24.3 Å². The molecule has 168 valence electrons. The van der Waals surface area contributed by atoms with Crippen molar-refractivity contribution >= 4 is 51.1 Å². The molecule has 2 aromatic carbocycles. The van der Waals surface area contributed by atoms with Gasteiger partial charge in [-0.15, -0.1) is 16.4 Å². The Bertz CT molecular complexity index is 1350. The van der Waals surface area contributed by atoms with Crippen molar-refractivity contribution in [2.45, 2.75) is 0 Å². The van der Waals surface area contributed by atoms with Gasteiger partial charge in [0.2, 0.25) is 4.96 Å². The van der Waals surface area contributed by atoms with Crippen LogP contribution >= 0.6 is 22.9 Å². The molecule has 10 nitrogen and oxygen atoms in total. The standard InChI is InChI=1S/C21H17ClN6O4S/c22-15-4-1-13(2-5-15)18-12-33-21-24-20(25-27(18)21)23-19(29)14-3-6-16(17(11-14)28(30)31)26-7-9-32-10-8-26/h1-6,11-12H,7-10H2,(H,23,25,29). The molecule has 1 saturated heterocycles. The van der Waals surface area contributed by atoms with Gasteiger partial charge in [0.15, 0.2) is 0 Å². The Balaban J connectivity index is 1.39. The maximum Gasteiger partial charge on any atom is 0.293 e. The van der Waals surface area contributed by atoms with Gasteiger partial charge in [-0.25, -0.2) is 4.52 Å². The van der Waals surface area contributed by atoms with Crippen LogP contribution in [-0.2, 0) is 4.74 Å². The number of rotatable bonds is 5. The predicted octanol–water partition coefficient (Wildman–Crippen LogP) is 4.11. The van der Waals surface area contributed by atoms with E-state index in [1.165, 1.54) is 17.4 Å². The van der Waals surface area contributed by atoms with Crippen molar-refractivity contribution in [2.75, 3.05) is 36.5 Å². The first-order valence-corrected chi connectivity index (χ1v) is 11.3. The quantitative estimate of drug-likeness (QED) is 0.335. The van der Waals surface area contributed by atoms with Crippen LogP contribution in [0.1, 0.15) is 10.4 Å². The molecule has 1 amide bonds. The minimum absolute atomic E-state index is 0.113. The molecule has 3 heterocycles. The molecule has 0 saturated carbocycles. The average Bonchev–Trinajstić information content (AvgIpc) is 3.40. The van der Waals surface area contributed by atoms with Crippen LogP contribution in [0.4, 0.5) is 17.3 Å². The second-order valence-corrected chi connectivity index (χ2v) is 8.54. The number of morpholine rings is 1. The molecule has 1 aliphatic rings. The Morgan fingerprint density at radius 3 is 2.67 bits per heavy atom. The summed E-state index contributed by atoms with van der Waals surface area (Å²) >= 11 is 7.35. The monoisotopic (exact) mass is 484 g/mol. The lowest BCUT2D eigenvalue weighted by Gasteiger charge is -2.28. The normalized spacial score (nSPS) is 13.9. The van der Waals surface area contributed by atoms with Gasteiger partial charge in [0.25, 0.3) is 17.5 Å². The Morgan fingerprint density at radius 2 is 1.94 bits per heavy atom. The number of benzene rings is 2. The third-order valence-corrected chi connectivity index (χ3v) is 6.30. The van der Waals surface area contributed by atoms with Crippen molar-refractivity contribution < 1.29 is 14.5 Å². The zero-order valence-electron chi connectivity index (χ0n) is 17.1. The number of thiazole rings is 1. The number of amides is 1. The van der Waals surface area contributed by atoms with Gasteiger partial charge >= 0.3 is 0 Å². The van der Waals surface area contributed by atoms with Crippen LogP contribution in [0.25, 0.3) is 16.2 Å². The molecule has 1 N–H and O–H groups in total. The Morgan fingerprint density at radius 1 is 1.18 bits per heavy atom. The topological polar surface area (TPSA) is 115 Å². The summed E-state index contributed by atoms with van der Waals surface area (Å²) in [6.07, 6.45) is 0. The van der Waals surface area contributed by atoms with E-state index in [-0.39, 0.29) is 17.2 Å². The van der Waals surface area contributed by atoms with E-state index in [9.17, 15) is 14.9 Å². The number of anilines is 2. The lowest BCUT2D eigenvalue weighted by molar-refractivity contribution is -0.384. The number of hydrogen-bond acceptors (Lipinski definition) is 8. The summed E-state index contributed by atoms with van der Waals surface area (Å²) < 4.78 is 6.95. The first kappa shape index (κ1) is 21.3. The minimum Gasteiger partial charge on any atom is -0.378 e. The highest BCUT2D eigenvalue weighted by Gasteiger charge is 2.24. The van der Waals surface area contributed by atoms with Gasteiger partial charge in [-0.2, -0.15) is 4.98 Å². The van der Waals surface area contributed by atoms with E-state index in [1.54, 1.807) is 28.8 Å². The van der Waals surface area contributed by atoms with Crippen molar-refractivity contribution in [1.82, 2.24) is 14.6 Å². The van der Waals surface area contributed by atoms with Gasteiger partial charge in [-0.3, -0.25) is 20.2 Å². The zero-order valence-corrected chi connectivity index (χ0v) is 18.7. The predicted molar refractivity (Wildman–Crippen MR) is 125 cm³/mol. The lowest BCUT2D eigenvalue weighted by atomic mass is 10.1. The van der Waals surface area contributed by atoms with Crippen LogP contribution in [0.5, 0.6) is 0 Å². The molecule has 1 aliphatic heterocycles. The maximum absolute atomic E-state index is 12.8. The van der Waals surface area contributed by atoms with Gasteiger partial charge in [-0.1, -0.05) is 23.7 Å². The number of hydrogen-bond donors (Lipinski definition) is 1. The van der Waals surface area contributed by atoms with Crippen LogP contribution in [-0.4, -0.2) is 51.7 Å². The number of halogens is 1. The summed E-state index contributed by atoms with van der Waals surface area (Å²) in [6.45, 7) is 2.11. The molecule has 1 fully saturated rings. The fraction of sp³-hybridized carbons (Fsp3) is 0.190. The number of ether oxygens (including phenoxy) is 1. The van der Waals surface area contributed by atoms with Crippen LogP contribution in [0.15, 0.2) is 47.8 Å². The molecule has 33 heavy (non-hydrogen) atoms. The first-order chi connectivity index (χ1) is 16.0. The summed E-state index contributed by atoms with van der Waals surface area (Å²) in [5.74, 6) is -0.417. The third kappa shape index (κ3) is 4.25. The summed E-state index contributed by atoms with van der Waals surface area (Å²) in [7, 11) is 0. The summed E-state index contributed by atoms with van der Waals surface area (Å²) in [5.41, 5.74) is 2.20. The van der Waals surface area contributed by atoms with Gasteiger partial charge in [0.05, 0.1) is 23.8 Å². The summed E-state index contributed by atoms with van der Waals surface area (Å²) in [5, 5.41) is 21.2. The first-order valence-electron chi connectivity index (χ1n) is 10.0. The third-order valence-electron chi connectivity index (χ3n) is 5.23. The molecule has 0 bridgehead atoms. The van der Waals surface area contributed by atoms with Crippen LogP contribution in [0, 0.1) is 10.1 Å². The average molecular weight is 485 g/mol. The molecule has 0 spiro atoms. The molecule has 0 radical (unpaired) electrons. The molecule has 12 heteroatoms. The number of nitrogens with one attached hydrogen (secondary N) is 1. The van der Waals surface area contributed by atoms with Crippen molar-refractivity contribution in [3.8, 4) is 11.3 Å². The van der Waals surface area contributed by atoms with E-state index in [2.05, 4.69) is 15.4 Å². The van der Waals surface area contributed by atoms with Crippen LogP contribution < -0.4 is 10.2 Å². The number of carbonyl (C=O) groups is 1. The second-order valence-electron chi connectivity index (χ2n) is 7.27. The fourth-order valence-corrected chi connectivity index (χ4v) is 4.57. The molecule has 0 unspecified atom stereocenters. The van der Waals surface area contributed by atoms with E-state index < -0.39 is 10.8 Å². The molecule has 4 aromatic rings. The molecule has 2 aromatic heterocycles. The molecule has 0 atom stereocenters. The molecular weight excluding hydrogens is 468 g/mol. The molecule has 5 rings (SSSR count). The number of carbonyl (C=O) groups excluding carboxylic acids is 1. The van der Waals surface area contributed by atoms with Crippen LogP contribution in [0.2, 0.25) is 5.02 Å². The van der Waals surface area contributed by atoms with Gasteiger partial charge in [0.1, 0.15) is 5.69 Å². The Kier molecular flexibility index (Phi) is 5.67. The van der Waals surface area contributed by atoms with Gasteiger partial charge < -0.3 is 9.64 Å². The van der Waals surface area contributed by atoms with E-state index in [0.29, 0.717) is 42.0 Å². The maximum atomic E-state index is 12.8. The van der Waals surface area contributed by atoms with Crippen LogP contribution in [0.3, 0.4) is 0 Å². The number of aromatic nitrogens is 3. The molecule has 0 aliphatic carbocycles. The number of nitrogens with zero attached hydrogens (tertiary/aromatic N) is 5. The van der Waals surface area contributed by atoms with Crippen molar-refractivity contribution in [1.29, 1.82) is 0 Å². The van der Waals surface area contributed by atoms with Crippen molar-refractivity contribution in [2.24, 2.45) is 0 Å². The van der Waals surface area contributed by atoms with Crippen molar-refractivity contribution in [3.63, 3.8) is 0 Å². The molecular formula is C21H17ClN6O4S. The number of nitro groups is 1. The van der Waals surface area contributed by atoms with E-state index in [1.807, 2.05) is 22.4 Å². The Labute approximate surface area is 196 Å². The Hall–Kier alpha value is -3.54. The van der Waals surface area contributed by atoms with Gasteiger partial charge in [0, 0.05) is 40.7 Å². The SMILES string of the molecule is O=C(Nc1nc2scc(-c3ccc(Cl)cc3)n2n1)c1ccc(N2CCOCC2)c([N+](=O)[O-])c1. The zero-order chi connectivity index (χ0) is 22.9. The smallest absolute Gasteiger partial charge is 0.293 e.